The number of carbonyl (C=O) groups is 4. The van der Waals surface area contributed by atoms with Crippen molar-refractivity contribution in [2.75, 3.05) is 112 Å². The molecule has 15 atom stereocenters. The average Bonchev–Trinajstić information content (AvgIpc) is 3.44. The largest absolute Gasteiger partial charge is 0.461 e. The molecule has 0 unspecified atom stereocenters. The zero-order valence-electron chi connectivity index (χ0n) is 43.1. The van der Waals surface area contributed by atoms with Gasteiger partial charge < -0.3 is 129 Å². The van der Waals surface area contributed by atoms with E-state index in [1.807, 2.05) is 6.07 Å². The first kappa shape index (κ1) is 66.7. The highest BCUT2D eigenvalue weighted by atomic mass is 16.7. The second-order valence-corrected chi connectivity index (χ2v) is 18.6. The lowest BCUT2D eigenvalue weighted by Gasteiger charge is -2.39. The van der Waals surface area contributed by atoms with Crippen LogP contribution >= 0.6 is 0 Å². The molecule has 4 rings (SSSR count). The molecule has 30 nitrogen and oxygen atoms in total. The third-order valence-electron chi connectivity index (χ3n) is 12.4. The molecule has 3 fully saturated rings. The van der Waals surface area contributed by atoms with Crippen molar-refractivity contribution >= 4 is 23.7 Å². The third-order valence-corrected chi connectivity index (χ3v) is 12.4. The van der Waals surface area contributed by atoms with Crippen LogP contribution in [0.3, 0.4) is 0 Å². The second kappa shape index (κ2) is 35.8. The van der Waals surface area contributed by atoms with Gasteiger partial charge in [-0.15, -0.1) is 0 Å². The number of hydrogen-bond acceptors (Lipinski definition) is 27. The third kappa shape index (κ3) is 22.3. The normalized spacial score (nSPS) is 29.4. The minimum Gasteiger partial charge on any atom is -0.461 e. The van der Waals surface area contributed by atoms with E-state index in [4.69, 9.17) is 52.1 Å². The van der Waals surface area contributed by atoms with Crippen molar-refractivity contribution in [3.63, 3.8) is 0 Å². The van der Waals surface area contributed by atoms with Crippen LogP contribution in [0.1, 0.15) is 31.2 Å². The Hall–Kier alpha value is -3.78. The van der Waals surface area contributed by atoms with Crippen molar-refractivity contribution in [3.8, 4) is 0 Å². The van der Waals surface area contributed by atoms with Gasteiger partial charge in [0.15, 0.2) is 18.9 Å². The summed E-state index contributed by atoms with van der Waals surface area (Å²) in [5.74, 6) is -1.99. The Labute approximate surface area is 449 Å². The molecule has 3 saturated heterocycles. The quantitative estimate of drug-likeness (QED) is 0.0217. The van der Waals surface area contributed by atoms with Crippen LogP contribution in [0.5, 0.6) is 0 Å². The Morgan fingerprint density at radius 2 is 0.756 bits per heavy atom. The number of hydrogen-bond donors (Lipinski definition) is 15. The van der Waals surface area contributed by atoms with Crippen molar-refractivity contribution in [3.05, 3.63) is 35.9 Å². The maximum Gasteiger partial charge on any atom is 0.308 e. The fourth-order valence-corrected chi connectivity index (χ4v) is 7.84. The highest BCUT2D eigenvalue weighted by molar-refractivity contribution is 5.76. The molecule has 0 saturated carbocycles. The molecule has 3 aliphatic rings. The molecule has 3 amide bonds. The predicted molar refractivity (Wildman–Crippen MR) is 259 cm³/mol. The minimum atomic E-state index is -1.65. The van der Waals surface area contributed by atoms with E-state index < -0.39 is 141 Å². The fraction of sp³-hybridized carbons (Fsp3) is 0.792. The van der Waals surface area contributed by atoms with E-state index in [-0.39, 0.29) is 125 Å². The molecular weight excluding hydrogens is 1050 g/mol. The molecule has 0 aliphatic carbocycles. The summed E-state index contributed by atoms with van der Waals surface area (Å²) < 4.78 is 61.4. The molecular formula is C48H79N3O27. The van der Waals surface area contributed by atoms with Gasteiger partial charge >= 0.3 is 5.97 Å². The molecule has 0 radical (unpaired) electrons. The molecule has 1 aromatic carbocycles. The number of amides is 3. The van der Waals surface area contributed by atoms with Crippen molar-refractivity contribution in [1.29, 1.82) is 0 Å². The maximum absolute atomic E-state index is 12.8. The van der Waals surface area contributed by atoms with Gasteiger partial charge in [-0.25, -0.2) is 0 Å². The number of ether oxygens (including phenoxy) is 11. The van der Waals surface area contributed by atoms with Crippen molar-refractivity contribution < 1.29 is 133 Å². The number of esters is 1. The number of rotatable bonds is 37. The van der Waals surface area contributed by atoms with Gasteiger partial charge in [-0.1, -0.05) is 30.3 Å². The summed E-state index contributed by atoms with van der Waals surface area (Å²) in [7, 11) is 0. The highest BCUT2D eigenvalue weighted by Gasteiger charge is 2.46. The molecule has 1 aromatic rings. The molecule has 448 valence electrons. The van der Waals surface area contributed by atoms with Gasteiger partial charge in [0.25, 0.3) is 0 Å². The van der Waals surface area contributed by atoms with Crippen molar-refractivity contribution in [2.45, 2.75) is 124 Å². The minimum absolute atomic E-state index is 0.0374. The molecule has 0 bridgehead atoms. The van der Waals surface area contributed by atoms with Gasteiger partial charge in [0.05, 0.1) is 104 Å². The van der Waals surface area contributed by atoms with E-state index in [1.54, 1.807) is 24.3 Å². The van der Waals surface area contributed by atoms with E-state index in [2.05, 4.69) is 16.0 Å². The van der Waals surface area contributed by atoms with E-state index in [0.29, 0.717) is 0 Å². The monoisotopic (exact) mass is 1130 g/mol. The lowest BCUT2D eigenvalue weighted by Crippen LogP contribution is -2.59. The van der Waals surface area contributed by atoms with Gasteiger partial charge in [0, 0.05) is 38.9 Å². The van der Waals surface area contributed by atoms with Crippen LogP contribution in [0.25, 0.3) is 0 Å². The zero-order chi connectivity index (χ0) is 57.0. The summed E-state index contributed by atoms with van der Waals surface area (Å²) in [5, 5.41) is 127. The van der Waals surface area contributed by atoms with E-state index in [9.17, 15) is 80.5 Å². The van der Waals surface area contributed by atoms with Crippen LogP contribution in [-0.2, 0) is 77.9 Å². The average molecular weight is 1130 g/mol. The lowest BCUT2D eigenvalue weighted by atomic mass is 9.92. The number of nitrogens with one attached hydrogen (secondary N) is 3. The molecule has 15 N–H and O–H groups in total. The number of benzene rings is 1. The van der Waals surface area contributed by atoms with Gasteiger partial charge in [-0.2, -0.15) is 0 Å². The van der Waals surface area contributed by atoms with E-state index in [0.717, 1.165) is 5.56 Å². The molecule has 3 aliphatic heterocycles. The molecule has 78 heavy (non-hydrogen) atoms. The predicted octanol–water partition coefficient (Wildman–Crippen LogP) is -7.86. The maximum atomic E-state index is 12.8. The van der Waals surface area contributed by atoms with Crippen LogP contribution in [0, 0.1) is 5.41 Å². The first-order chi connectivity index (χ1) is 37.4. The van der Waals surface area contributed by atoms with Crippen LogP contribution < -0.4 is 16.0 Å². The van der Waals surface area contributed by atoms with Gasteiger partial charge in [0.1, 0.15) is 79.9 Å². The summed E-state index contributed by atoms with van der Waals surface area (Å²) in [6, 6.07) is 9.01. The summed E-state index contributed by atoms with van der Waals surface area (Å²) in [5.41, 5.74) is -0.438. The Bertz CT molecular complexity index is 1700. The summed E-state index contributed by atoms with van der Waals surface area (Å²) in [6.07, 6.45) is -23.0. The molecule has 3 heterocycles. The molecule has 0 aromatic heterocycles. The Balaban J connectivity index is 1.33. The Kier molecular flexibility index (Phi) is 30.7. The van der Waals surface area contributed by atoms with Crippen molar-refractivity contribution in [1.82, 2.24) is 16.0 Å². The number of aliphatic hydroxyl groups excluding tert-OH is 12. The van der Waals surface area contributed by atoms with Gasteiger partial charge in [-0.3, -0.25) is 19.2 Å². The zero-order valence-corrected chi connectivity index (χ0v) is 43.1. The molecule has 30 heteroatoms. The van der Waals surface area contributed by atoms with Crippen LogP contribution in [0.4, 0.5) is 0 Å². The van der Waals surface area contributed by atoms with Gasteiger partial charge in [0.2, 0.25) is 17.7 Å². The van der Waals surface area contributed by atoms with Crippen molar-refractivity contribution in [2.24, 2.45) is 5.41 Å². The number of carbonyl (C=O) groups excluding carboxylic acids is 4. The number of aliphatic hydroxyl groups is 12. The smallest absolute Gasteiger partial charge is 0.308 e. The summed E-state index contributed by atoms with van der Waals surface area (Å²) >= 11 is 0. The topological polar surface area (TPSA) is 449 Å². The molecule has 0 spiro atoms. The van der Waals surface area contributed by atoms with E-state index in [1.165, 1.54) is 0 Å². The van der Waals surface area contributed by atoms with Crippen LogP contribution in [0.2, 0.25) is 0 Å². The Morgan fingerprint density at radius 3 is 1.08 bits per heavy atom. The highest BCUT2D eigenvalue weighted by Crippen LogP contribution is 2.25. The van der Waals surface area contributed by atoms with Gasteiger partial charge in [-0.05, 0) is 5.56 Å². The Morgan fingerprint density at radius 1 is 0.436 bits per heavy atom. The first-order valence-corrected chi connectivity index (χ1v) is 25.5. The summed E-state index contributed by atoms with van der Waals surface area (Å²) in [4.78, 5) is 51.0. The van der Waals surface area contributed by atoms with Crippen LogP contribution in [-0.4, -0.2) is 289 Å². The SMILES string of the molecule is O=C(CCOCC(COCCC(=O)NCCO[C@H]1O[C@H](CO)[C@@H](O)[C@H](O)[C@@H]1O)(COCCC(=O)NCCO[C@H]1O[C@H](CO)[C@@H](O)[C@H](O)[C@@H]1O)COCCC(=O)OCc1ccccc1)NCCO[C@H]1O[C@H](CO)[C@@H](O)[C@H](O)[C@@H]1O. The second-order valence-electron chi connectivity index (χ2n) is 18.6. The lowest BCUT2D eigenvalue weighted by molar-refractivity contribution is -0.300. The van der Waals surface area contributed by atoms with E-state index >= 15 is 0 Å². The fourth-order valence-electron chi connectivity index (χ4n) is 7.84. The first-order valence-electron chi connectivity index (χ1n) is 25.5. The standard InChI is InChI=1S/C48H79N3O27/c52-20-29-36(59)39(62)42(65)45(76-29)72-17-10-49-32(55)6-13-68-24-48(27-71-16-9-35(58)75-23-28-4-2-1-3-5-28,25-69-14-7-33(56)50-11-18-73-46-43(66)40(63)37(60)30(21-53)77-46)26-70-15-8-34(57)51-12-19-74-47-44(67)41(64)38(61)31(22-54)78-47/h1-5,29-31,36-47,52-54,59-67H,6-27H2,(H,49,55)(H,50,56)(H,51,57)/t29-,30-,31-,36-,37-,38-,39+,40+,41+,42+,43+,44+,45+,46+,47+/m1/s1. The van der Waals surface area contributed by atoms with Crippen LogP contribution in [0.15, 0.2) is 30.3 Å². The summed E-state index contributed by atoms with van der Waals surface area (Å²) in [6.45, 7) is -4.05.